The molecule has 1 aliphatic rings. The Hall–Kier alpha value is -1.63. The predicted molar refractivity (Wildman–Crippen MR) is 52.4 cm³/mol. The van der Waals surface area contributed by atoms with Crippen LogP contribution in [-0.4, -0.2) is 16.7 Å². The second-order valence-corrected chi connectivity index (χ2v) is 3.80. The molecule has 1 aliphatic carbocycles. The van der Waals surface area contributed by atoms with Crippen LogP contribution in [0.1, 0.15) is 19.3 Å². The van der Waals surface area contributed by atoms with Gasteiger partial charge in [-0.2, -0.15) is 10.4 Å². The smallest absolute Gasteiger partial charge is 0.148 e. The third-order valence-corrected chi connectivity index (χ3v) is 2.63. The lowest BCUT2D eigenvalue weighted by Crippen LogP contribution is -2.15. The Balaban J connectivity index is 1.87. The number of hydrogen-bond donors (Lipinski definition) is 1. The summed E-state index contributed by atoms with van der Waals surface area (Å²) in [7, 11) is 0. The number of rotatable bonds is 4. The SMILES string of the molecule is N#CCC1(CNc2cccnn2)CC1. The minimum atomic E-state index is 0.215. The van der Waals surface area contributed by atoms with Crippen molar-refractivity contribution in [2.24, 2.45) is 5.41 Å². The highest BCUT2D eigenvalue weighted by atomic mass is 15.2. The highest BCUT2D eigenvalue weighted by molar-refractivity contribution is 5.32. The molecule has 0 aliphatic heterocycles. The zero-order chi connectivity index (χ0) is 9.86. The quantitative estimate of drug-likeness (QED) is 0.779. The molecule has 2 rings (SSSR count). The van der Waals surface area contributed by atoms with E-state index in [1.165, 1.54) is 0 Å². The van der Waals surface area contributed by atoms with Crippen molar-refractivity contribution in [3.8, 4) is 6.07 Å². The fraction of sp³-hybridized carbons (Fsp3) is 0.500. The van der Waals surface area contributed by atoms with Gasteiger partial charge in [0.15, 0.2) is 0 Å². The molecule has 0 unspecified atom stereocenters. The molecule has 0 aromatic carbocycles. The molecule has 0 spiro atoms. The number of nitriles is 1. The van der Waals surface area contributed by atoms with Gasteiger partial charge >= 0.3 is 0 Å². The summed E-state index contributed by atoms with van der Waals surface area (Å²) < 4.78 is 0. The van der Waals surface area contributed by atoms with Gasteiger partial charge in [-0.3, -0.25) is 0 Å². The minimum absolute atomic E-state index is 0.215. The van der Waals surface area contributed by atoms with Crippen molar-refractivity contribution in [3.63, 3.8) is 0 Å². The van der Waals surface area contributed by atoms with Crippen LogP contribution in [0.15, 0.2) is 18.3 Å². The van der Waals surface area contributed by atoms with Crippen LogP contribution in [-0.2, 0) is 0 Å². The zero-order valence-electron chi connectivity index (χ0n) is 7.90. The molecule has 14 heavy (non-hydrogen) atoms. The Morgan fingerprint density at radius 3 is 3.00 bits per heavy atom. The topological polar surface area (TPSA) is 61.6 Å². The van der Waals surface area contributed by atoms with E-state index in [2.05, 4.69) is 21.6 Å². The lowest BCUT2D eigenvalue weighted by atomic mass is 10.0. The fourth-order valence-corrected chi connectivity index (χ4v) is 1.43. The monoisotopic (exact) mass is 188 g/mol. The Morgan fingerprint density at radius 2 is 2.43 bits per heavy atom. The van der Waals surface area contributed by atoms with Crippen LogP contribution < -0.4 is 5.32 Å². The first kappa shape index (κ1) is 8.95. The van der Waals surface area contributed by atoms with Gasteiger partial charge in [-0.15, -0.1) is 5.10 Å². The van der Waals surface area contributed by atoms with E-state index < -0.39 is 0 Å². The Morgan fingerprint density at radius 1 is 1.57 bits per heavy atom. The van der Waals surface area contributed by atoms with E-state index in [1.807, 2.05) is 12.1 Å². The van der Waals surface area contributed by atoms with Gasteiger partial charge in [-0.05, 0) is 25.0 Å². The van der Waals surface area contributed by atoms with Gasteiger partial charge in [0.1, 0.15) is 5.82 Å². The summed E-state index contributed by atoms with van der Waals surface area (Å²) in [5, 5.41) is 19.5. The molecule has 4 heteroatoms. The first-order chi connectivity index (χ1) is 6.85. The van der Waals surface area contributed by atoms with Gasteiger partial charge in [-0.1, -0.05) is 0 Å². The van der Waals surface area contributed by atoms with Crippen LogP contribution in [0.2, 0.25) is 0 Å². The summed E-state index contributed by atoms with van der Waals surface area (Å²) in [5.41, 5.74) is 0.215. The third-order valence-electron chi connectivity index (χ3n) is 2.63. The standard InChI is InChI=1S/C10H12N4/c11-6-5-10(3-4-10)8-12-9-2-1-7-13-14-9/h1-2,7H,3-5,8H2,(H,12,14). The average Bonchev–Trinajstić information content (AvgIpc) is 2.98. The van der Waals surface area contributed by atoms with Crippen molar-refractivity contribution >= 4 is 5.82 Å². The van der Waals surface area contributed by atoms with E-state index in [1.54, 1.807) is 6.20 Å². The molecular formula is C10H12N4. The molecule has 72 valence electrons. The summed E-state index contributed by atoms with van der Waals surface area (Å²) in [6, 6.07) is 5.96. The number of hydrogen-bond acceptors (Lipinski definition) is 4. The molecule has 0 radical (unpaired) electrons. The van der Waals surface area contributed by atoms with Gasteiger partial charge in [0.2, 0.25) is 0 Å². The summed E-state index contributed by atoms with van der Waals surface area (Å²) in [6.07, 6.45) is 4.58. The van der Waals surface area contributed by atoms with Gasteiger partial charge in [-0.25, -0.2) is 0 Å². The second kappa shape index (κ2) is 3.62. The van der Waals surface area contributed by atoms with Crippen LogP contribution in [0, 0.1) is 16.7 Å². The van der Waals surface area contributed by atoms with Crippen LogP contribution in [0.25, 0.3) is 0 Å². The zero-order valence-corrected chi connectivity index (χ0v) is 7.90. The highest BCUT2D eigenvalue weighted by Gasteiger charge is 2.42. The van der Waals surface area contributed by atoms with E-state index in [-0.39, 0.29) is 5.41 Å². The Labute approximate surface area is 83.0 Å². The van der Waals surface area contributed by atoms with Crippen LogP contribution >= 0.6 is 0 Å². The Bertz CT molecular complexity index is 337. The van der Waals surface area contributed by atoms with Crippen molar-refractivity contribution in [2.75, 3.05) is 11.9 Å². The predicted octanol–water partition coefficient (Wildman–Crippen LogP) is 1.58. The van der Waals surface area contributed by atoms with Gasteiger partial charge in [0, 0.05) is 24.6 Å². The van der Waals surface area contributed by atoms with E-state index in [4.69, 9.17) is 5.26 Å². The number of aromatic nitrogens is 2. The highest BCUT2D eigenvalue weighted by Crippen LogP contribution is 2.48. The molecule has 0 saturated heterocycles. The number of nitrogens with zero attached hydrogens (tertiary/aromatic N) is 3. The first-order valence-corrected chi connectivity index (χ1v) is 4.73. The third kappa shape index (κ3) is 1.99. The molecule has 0 amide bonds. The lowest BCUT2D eigenvalue weighted by molar-refractivity contribution is 0.556. The van der Waals surface area contributed by atoms with E-state index in [0.29, 0.717) is 6.42 Å². The van der Waals surface area contributed by atoms with Crippen LogP contribution in [0.4, 0.5) is 5.82 Å². The molecule has 4 nitrogen and oxygen atoms in total. The molecule has 1 N–H and O–H groups in total. The van der Waals surface area contributed by atoms with Crippen molar-refractivity contribution in [3.05, 3.63) is 18.3 Å². The van der Waals surface area contributed by atoms with E-state index in [9.17, 15) is 0 Å². The number of anilines is 1. The fourth-order valence-electron chi connectivity index (χ4n) is 1.43. The first-order valence-electron chi connectivity index (χ1n) is 4.73. The maximum absolute atomic E-state index is 8.63. The molecule has 1 heterocycles. The van der Waals surface area contributed by atoms with Gasteiger partial charge in [0.25, 0.3) is 0 Å². The summed E-state index contributed by atoms with van der Waals surface area (Å²) >= 11 is 0. The summed E-state index contributed by atoms with van der Waals surface area (Å²) in [4.78, 5) is 0. The van der Waals surface area contributed by atoms with Gasteiger partial charge < -0.3 is 5.32 Å². The molecular weight excluding hydrogens is 176 g/mol. The molecule has 1 aromatic rings. The van der Waals surface area contributed by atoms with Crippen LogP contribution in [0.5, 0.6) is 0 Å². The normalized spacial score (nSPS) is 17.1. The molecule has 1 saturated carbocycles. The molecule has 0 atom stereocenters. The average molecular weight is 188 g/mol. The largest absolute Gasteiger partial charge is 0.368 e. The molecule has 0 bridgehead atoms. The van der Waals surface area contributed by atoms with E-state index in [0.717, 1.165) is 25.2 Å². The second-order valence-electron chi connectivity index (χ2n) is 3.80. The summed E-state index contributed by atoms with van der Waals surface area (Å²) in [5.74, 6) is 0.789. The minimum Gasteiger partial charge on any atom is -0.368 e. The van der Waals surface area contributed by atoms with Crippen molar-refractivity contribution in [1.82, 2.24) is 10.2 Å². The van der Waals surface area contributed by atoms with Crippen LogP contribution in [0.3, 0.4) is 0 Å². The lowest BCUT2D eigenvalue weighted by Gasteiger charge is -2.11. The van der Waals surface area contributed by atoms with Gasteiger partial charge in [0.05, 0.1) is 6.07 Å². The summed E-state index contributed by atoms with van der Waals surface area (Å²) in [6.45, 7) is 0.833. The maximum Gasteiger partial charge on any atom is 0.148 e. The van der Waals surface area contributed by atoms with Crippen molar-refractivity contribution in [2.45, 2.75) is 19.3 Å². The molecule has 1 aromatic heterocycles. The van der Waals surface area contributed by atoms with E-state index >= 15 is 0 Å². The van der Waals surface area contributed by atoms with Crippen molar-refractivity contribution in [1.29, 1.82) is 5.26 Å². The number of nitrogens with one attached hydrogen (secondary N) is 1. The van der Waals surface area contributed by atoms with Crippen molar-refractivity contribution < 1.29 is 0 Å². The molecule has 1 fully saturated rings. The maximum atomic E-state index is 8.63. The Kier molecular flexibility index (Phi) is 2.32.